The molecule has 1 aromatic rings. The predicted octanol–water partition coefficient (Wildman–Crippen LogP) is 3.27. The average Bonchev–Trinajstić information content (AvgIpc) is 2.32. The number of benzene rings is 1. The van der Waals surface area contributed by atoms with Crippen LogP contribution in [0.2, 0.25) is 0 Å². The van der Waals surface area contributed by atoms with Crippen molar-refractivity contribution in [1.29, 1.82) is 0 Å². The molecule has 2 nitrogen and oxygen atoms in total. The summed E-state index contributed by atoms with van der Waals surface area (Å²) in [5.41, 5.74) is 0.128. The minimum Gasteiger partial charge on any atom is -0.346 e. The fourth-order valence-electron chi connectivity index (χ4n) is 1.44. The van der Waals surface area contributed by atoms with Crippen molar-refractivity contribution in [2.75, 3.05) is 0 Å². The molecule has 1 rings (SSSR count). The van der Waals surface area contributed by atoms with Crippen LogP contribution in [0.4, 0.5) is 8.78 Å². The van der Waals surface area contributed by atoms with Crippen molar-refractivity contribution in [3.05, 3.63) is 59.7 Å². The molecule has 0 fully saturated rings. The fourth-order valence-corrected chi connectivity index (χ4v) is 1.44. The van der Waals surface area contributed by atoms with E-state index in [0.29, 0.717) is 0 Å². The lowest BCUT2D eigenvalue weighted by atomic mass is 10.1. The number of hydrogen-bond acceptors (Lipinski definition) is 1. The standard InChI is InChI=1S/C14H15F2NO/c1-3-4-5-6-14(18)17-10(2)12-9-11(15)7-8-13(12)16/h3-10H,1-2H3,(H,17,18). The van der Waals surface area contributed by atoms with E-state index in [1.54, 1.807) is 25.2 Å². The first-order valence-corrected chi connectivity index (χ1v) is 5.59. The van der Waals surface area contributed by atoms with Gasteiger partial charge in [0, 0.05) is 11.6 Å². The van der Waals surface area contributed by atoms with Crippen LogP contribution in [0, 0.1) is 11.6 Å². The summed E-state index contributed by atoms with van der Waals surface area (Å²) >= 11 is 0. The Kier molecular flexibility index (Phi) is 5.24. The molecule has 0 spiro atoms. The molecule has 4 heteroatoms. The third kappa shape index (κ3) is 4.13. The highest BCUT2D eigenvalue weighted by molar-refractivity contribution is 5.88. The largest absolute Gasteiger partial charge is 0.346 e. The summed E-state index contributed by atoms with van der Waals surface area (Å²) in [5, 5.41) is 2.56. The molecule has 0 aliphatic rings. The Morgan fingerprint density at radius 2 is 2.06 bits per heavy atom. The van der Waals surface area contributed by atoms with Crippen LogP contribution in [0.3, 0.4) is 0 Å². The summed E-state index contributed by atoms with van der Waals surface area (Å²) < 4.78 is 26.4. The molecule has 0 heterocycles. The predicted molar refractivity (Wildman–Crippen MR) is 66.9 cm³/mol. The summed E-state index contributed by atoms with van der Waals surface area (Å²) in [6.45, 7) is 3.42. The van der Waals surface area contributed by atoms with Crippen molar-refractivity contribution >= 4 is 5.91 Å². The molecule has 0 saturated heterocycles. The number of rotatable bonds is 4. The van der Waals surface area contributed by atoms with Gasteiger partial charge in [-0.3, -0.25) is 4.79 Å². The van der Waals surface area contributed by atoms with Gasteiger partial charge in [0.2, 0.25) is 5.91 Å². The zero-order valence-electron chi connectivity index (χ0n) is 10.3. The molecule has 0 radical (unpaired) electrons. The van der Waals surface area contributed by atoms with Crippen molar-refractivity contribution in [3.8, 4) is 0 Å². The number of halogens is 2. The zero-order chi connectivity index (χ0) is 13.5. The summed E-state index contributed by atoms with van der Waals surface area (Å²) in [6, 6.07) is 2.57. The highest BCUT2D eigenvalue weighted by atomic mass is 19.1. The Hall–Kier alpha value is -1.97. The van der Waals surface area contributed by atoms with E-state index in [9.17, 15) is 13.6 Å². The monoisotopic (exact) mass is 251 g/mol. The Morgan fingerprint density at radius 1 is 1.33 bits per heavy atom. The summed E-state index contributed by atoms with van der Waals surface area (Å²) in [4.78, 5) is 11.4. The van der Waals surface area contributed by atoms with E-state index in [1.807, 2.05) is 6.92 Å². The normalized spacial score (nSPS) is 13.1. The maximum absolute atomic E-state index is 13.4. The van der Waals surface area contributed by atoms with E-state index < -0.39 is 17.7 Å². The van der Waals surface area contributed by atoms with E-state index in [-0.39, 0.29) is 11.5 Å². The second-order valence-corrected chi connectivity index (χ2v) is 3.78. The van der Waals surface area contributed by atoms with Crippen molar-refractivity contribution in [2.45, 2.75) is 19.9 Å². The van der Waals surface area contributed by atoms with Crippen LogP contribution in [-0.2, 0) is 4.79 Å². The van der Waals surface area contributed by atoms with Gasteiger partial charge in [-0.1, -0.05) is 18.2 Å². The van der Waals surface area contributed by atoms with Crippen LogP contribution in [0.1, 0.15) is 25.5 Å². The third-order valence-electron chi connectivity index (χ3n) is 2.33. The second-order valence-electron chi connectivity index (χ2n) is 3.78. The number of hydrogen-bond donors (Lipinski definition) is 1. The van der Waals surface area contributed by atoms with Gasteiger partial charge in [-0.15, -0.1) is 0 Å². The quantitative estimate of drug-likeness (QED) is 0.645. The minimum absolute atomic E-state index is 0.128. The molecule has 0 aromatic heterocycles. The van der Waals surface area contributed by atoms with Gasteiger partial charge in [0.15, 0.2) is 0 Å². The average molecular weight is 251 g/mol. The maximum Gasteiger partial charge on any atom is 0.244 e. The first-order valence-electron chi connectivity index (χ1n) is 5.59. The molecule has 1 amide bonds. The van der Waals surface area contributed by atoms with E-state index >= 15 is 0 Å². The third-order valence-corrected chi connectivity index (χ3v) is 2.33. The van der Waals surface area contributed by atoms with Crippen LogP contribution < -0.4 is 5.32 Å². The topological polar surface area (TPSA) is 29.1 Å². The highest BCUT2D eigenvalue weighted by Gasteiger charge is 2.13. The summed E-state index contributed by atoms with van der Waals surface area (Å²) in [5.74, 6) is -1.43. The van der Waals surface area contributed by atoms with Gasteiger partial charge in [-0.2, -0.15) is 0 Å². The number of amides is 1. The van der Waals surface area contributed by atoms with Crippen molar-refractivity contribution < 1.29 is 13.6 Å². The van der Waals surface area contributed by atoms with Gasteiger partial charge in [0.25, 0.3) is 0 Å². The van der Waals surface area contributed by atoms with Gasteiger partial charge in [0.1, 0.15) is 11.6 Å². The van der Waals surface area contributed by atoms with Crippen LogP contribution in [-0.4, -0.2) is 5.91 Å². The maximum atomic E-state index is 13.4. The first-order chi connectivity index (χ1) is 8.54. The molecule has 0 aliphatic heterocycles. The smallest absolute Gasteiger partial charge is 0.244 e. The molecule has 0 saturated carbocycles. The highest BCUT2D eigenvalue weighted by Crippen LogP contribution is 2.17. The lowest BCUT2D eigenvalue weighted by Gasteiger charge is -2.13. The lowest BCUT2D eigenvalue weighted by molar-refractivity contribution is -0.117. The molecule has 1 N–H and O–H groups in total. The van der Waals surface area contributed by atoms with E-state index in [1.165, 1.54) is 6.08 Å². The van der Waals surface area contributed by atoms with Crippen LogP contribution in [0.25, 0.3) is 0 Å². The number of carbonyl (C=O) groups is 1. The van der Waals surface area contributed by atoms with Crippen LogP contribution in [0.5, 0.6) is 0 Å². The number of carbonyl (C=O) groups excluding carboxylic acids is 1. The van der Waals surface area contributed by atoms with Crippen molar-refractivity contribution in [2.24, 2.45) is 0 Å². The van der Waals surface area contributed by atoms with E-state index in [0.717, 1.165) is 18.2 Å². The fraction of sp³-hybridized carbons (Fsp3) is 0.214. The molecule has 1 aromatic carbocycles. The van der Waals surface area contributed by atoms with E-state index in [4.69, 9.17) is 0 Å². The SMILES string of the molecule is CC=CC=CC(=O)NC(C)c1cc(F)ccc1F. The zero-order valence-corrected chi connectivity index (χ0v) is 10.3. The number of nitrogens with one attached hydrogen (secondary N) is 1. The van der Waals surface area contributed by atoms with Crippen LogP contribution >= 0.6 is 0 Å². The minimum atomic E-state index is -0.594. The summed E-state index contributed by atoms with van der Waals surface area (Å²) in [6.07, 6.45) is 6.38. The molecular formula is C14H15F2NO. The molecule has 1 atom stereocenters. The Labute approximate surface area is 105 Å². The molecule has 0 aliphatic carbocycles. The Morgan fingerprint density at radius 3 is 2.72 bits per heavy atom. The molecule has 1 unspecified atom stereocenters. The van der Waals surface area contributed by atoms with Gasteiger partial charge >= 0.3 is 0 Å². The second kappa shape index (κ2) is 6.69. The van der Waals surface area contributed by atoms with Crippen molar-refractivity contribution in [1.82, 2.24) is 5.32 Å². The molecule has 18 heavy (non-hydrogen) atoms. The molecule has 96 valence electrons. The molecule has 0 bridgehead atoms. The molecular weight excluding hydrogens is 236 g/mol. The first kappa shape index (κ1) is 14.1. The Bertz CT molecular complexity index is 481. The van der Waals surface area contributed by atoms with Gasteiger partial charge in [0.05, 0.1) is 6.04 Å². The number of allylic oxidation sites excluding steroid dienone is 3. The lowest BCUT2D eigenvalue weighted by Crippen LogP contribution is -2.25. The van der Waals surface area contributed by atoms with Crippen molar-refractivity contribution in [3.63, 3.8) is 0 Å². The van der Waals surface area contributed by atoms with Gasteiger partial charge in [-0.25, -0.2) is 8.78 Å². The van der Waals surface area contributed by atoms with Gasteiger partial charge in [-0.05, 0) is 32.0 Å². The summed E-state index contributed by atoms with van der Waals surface area (Å²) in [7, 11) is 0. The van der Waals surface area contributed by atoms with E-state index in [2.05, 4.69) is 5.32 Å². The van der Waals surface area contributed by atoms with Gasteiger partial charge < -0.3 is 5.32 Å². The van der Waals surface area contributed by atoms with Crippen LogP contribution in [0.15, 0.2) is 42.5 Å². The Balaban J connectivity index is 2.73.